The van der Waals surface area contributed by atoms with Crippen LogP contribution in [0.5, 0.6) is 0 Å². The van der Waals surface area contributed by atoms with Crippen LogP contribution in [0.3, 0.4) is 0 Å². The Bertz CT molecular complexity index is 286. The van der Waals surface area contributed by atoms with Crippen molar-refractivity contribution in [3.05, 3.63) is 35.9 Å². The maximum absolute atomic E-state index is 10.9. The summed E-state index contributed by atoms with van der Waals surface area (Å²) in [5.41, 5.74) is 1.17. The van der Waals surface area contributed by atoms with Crippen LogP contribution in [0.1, 0.15) is 10.9 Å². The van der Waals surface area contributed by atoms with Crippen LogP contribution in [0.15, 0.2) is 30.3 Å². The Labute approximate surface area is 75.4 Å². The molecule has 1 aliphatic heterocycles. The average molecular weight is 179 g/mol. The van der Waals surface area contributed by atoms with E-state index in [1.165, 1.54) is 5.56 Å². The summed E-state index contributed by atoms with van der Waals surface area (Å²) in [5.74, 6) is 0.716. The van der Waals surface area contributed by atoms with Crippen LogP contribution in [0.4, 0.5) is 0 Å². The second-order valence-electron chi connectivity index (χ2n) is 2.67. The lowest BCUT2D eigenvalue weighted by atomic mass is 10.2. The van der Waals surface area contributed by atoms with Gasteiger partial charge in [0.2, 0.25) is 5.91 Å². The van der Waals surface area contributed by atoms with E-state index in [9.17, 15) is 4.79 Å². The molecule has 0 radical (unpaired) electrons. The first kappa shape index (κ1) is 7.68. The molecular formula is C9H9NOS. The number of rotatable bonds is 1. The molecule has 1 atom stereocenters. The number of nitrogens with one attached hydrogen (secondary N) is 1. The third-order valence-corrected chi connectivity index (χ3v) is 2.93. The SMILES string of the molecule is O=C1CSC(c2ccccc2)N1. The molecule has 1 unspecified atom stereocenters. The second-order valence-corrected chi connectivity index (χ2v) is 3.76. The van der Waals surface area contributed by atoms with Crippen molar-refractivity contribution in [2.24, 2.45) is 0 Å². The lowest BCUT2D eigenvalue weighted by Crippen LogP contribution is -2.18. The van der Waals surface area contributed by atoms with Gasteiger partial charge in [-0.15, -0.1) is 11.8 Å². The van der Waals surface area contributed by atoms with Crippen LogP contribution in [0.25, 0.3) is 0 Å². The van der Waals surface area contributed by atoms with E-state index in [1.54, 1.807) is 11.8 Å². The van der Waals surface area contributed by atoms with Gasteiger partial charge in [-0.1, -0.05) is 30.3 Å². The number of thioether (sulfide) groups is 1. The lowest BCUT2D eigenvalue weighted by Gasteiger charge is -2.07. The van der Waals surface area contributed by atoms with E-state index in [4.69, 9.17) is 0 Å². The van der Waals surface area contributed by atoms with E-state index >= 15 is 0 Å². The quantitative estimate of drug-likeness (QED) is 0.708. The van der Waals surface area contributed by atoms with E-state index in [-0.39, 0.29) is 11.3 Å². The third-order valence-electron chi connectivity index (χ3n) is 1.78. The summed E-state index contributed by atoms with van der Waals surface area (Å²) in [7, 11) is 0. The molecule has 1 N–H and O–H groups in total. The standard InChI is InChI=1S/C9H9NOS/c11-8-6-12-9(10-8)7-4-2-1-3-5-7/h1-5,9H,6H2,(H,10,11). The smallest absolute Gasteiger partial charge is 0.231 e. The summed E-state index contributed by atoms with van der Waals surface area (Å²) in [6.07, 6.45) is 0. The highest BCUT2D eigenvalue weighted by molar-refractivity contribution is 8.00. The minimum Gasteiger partial charge on any atom is -0.339 e. The number of carbonyl (C=O) groups excluding carboxylic acids is 1. The fraction of sp³-hybridized carbons (Fsp3) is 0.222. The van der Waals surface area contributed by atoms with E-state index in [0.717, 1.165) is 0 Å². The molecule has 12 heavy (non-hydrogen) atoms. The van der Waals surface area contributed by atoms with Crippen LogP contribution in [0, 0.1) is 0 Å². The van der Waals surface area contributed by atoms with Crippen molar-refractivity contribution in [1.29, 1.82) is 0 Å². The summed E-state index contributed by atoms with van der Waals surface area (Å²) in [4.78, 5) is 10.9. The van der Waals surface area contributed by atoms with Crippen molar-refractivity contribution in [1.82, 2.24) is 5.32 Å². The van der Waals surface area contributed by atoms with Crippen LogP contribution in [-0.2, 0) is 4.79 Å². The van der Waals surface area contributed by atoms with Gasteiger partial charge in [0, 0.05) is 0 Å². The summed E-state index contributed by atoms with van der Waals surface area (Å²) >= 11 is 1.64. The Hall–Kier alpha value is -0.960. The zero-order valence-corrected chi connectivity index (χ0v) is 7.30. The van der Waals surface area contributed by atoms with Crippen LogP contribution in [-0.4, -0.2) is 11.7 Å². The summed E-state index contributed by atoms with van der Waals surface area (Å²) < 4.78 is 0. The highest BCUT2D eigenvalue weighted by Gasteiger charge is 2.21. The largest absolute Gasteiger partial charge is 0.339 e. The Kier molecular flexibility index (Phi) is 2.04. The van der Waals surface area contributed by atoms with Crippen LogP contribution in [0.2, 0.25) is 0 Å². The fourth-order valence-electron chi connectivity index (χ4n) is 1.20. The van der Waals surface area contributed by atoms with Gasteiger partial charge in [-0.25, -0.2) is 0 Å². The topological polar surface area (TPSA) is 29.1 Å². The molecule has 1 fully saturated rings. The molecule has 1 aliphatic rings. The Balaban J connectivity index is 2.16. The van der Waals surface area contributed by atoms with Crippen molar-refractivity contribution in [3.8, 4) is 0 Å². The molecule has 0 bridgehead atoms. The Morgan fingerprint density at radius 1 is 1.33 bits per heavy atom. The predicted octanol–water partition coefficient (Wildman–Crippen LogP) is 1.55. The number of hydrogen-bond donors (Lipinski definition) is 1. The number of amides is 1. The first-order valence-electron chi connectivity index (χ1n) is 3.82. The molecule has 62 valence electrons. The fourth-order valence-corrected chi connectivity index (χ4v) is 2.16. The van der Waals surface area contributed by atoms with Gasteiger partial charge < -0.3 is 5.32 Å². The molecule has 1 heterocycles. The first-order chi connectivity index (χ1) is 5.86. The molecule has 0 spiro atoms. The first-order valence-corrected chi connectivity index (χ1v) is 4.87. The third kappa shape index (κ3) is 1.46. The normalized spacial score (nSPS) is 22.3. The molecule has 1 amide bonds. The molecular weight excluding hydrogens is 170 g/mol. The molecule has 0 aliphatic carbocycles. The van der Waals surface area contributed by atoms with E-state index in [0.29, 0.717) is 5.75 Å². The Morgan fingerprint density at radius 3 is 2.67 bits per heavy atom. The van der Waals surface area contributed by atoms with Crippen molar-refractivity contribution in [3.63, 3.8) is 0 Å². The van der Waals surface area contributed by atoms with E-state index < -0.39 is 0 Å². The highest BCUT2D eigenvalue weighted by Crippen LogP contribution is 2.29. The summed E-state index contributed by atoms with van der Waals surface area (Å²) in [6.45, 7) is 0. The Morgan fingerprint density at radius 2 is 2.08 bits per heavy atom. The zero-order valence-electron chi connectivity index (χ0n) is 6.49. The van der Waals surface area contributed by atoms with Crippen LogP contribution < -0.4 is 5.32 Å². The maximum Gasteiger partial charge on any atom is 0.231 e. The van der Waals surface area contributed by atoms with Gasteiger partial charge in [0.05, 0.1) is 5.75 Å². The molecule has 1 saturated heterocycles. The predicted molar refractivity (Wildman–Crippen MR) is 49.8 cm³/mol. The second kappa shape index (κ2) is 3.19. The van der Waals surface area contributed by atoms with Crippen molar-refractivity contribution in [2.45, 2.75) is 5.37 Å². The van der Waals surface area contributed by atoms with Crippen molar-refractivity contribution in [2.75, 3.05) is 5.75 Å². The van der Waals surface area contributed by atoms with Gasteiger partial charge in [-0.2, -0.15) is 0 Å². The number of benzene rings is 1. The van der Waals surface area contributed by atoms with E-state index in [1.807, 2.05) is 30.3 Å². The highest BCUT2D eigenvalue weighted by atomic mass is 32.2. The molecule has 0 aromatic heterocycles. The van der Waals surface area contributed by atoms with Gasteiger partial charge in [0.1, 0.15) is 5.37 Å². The minimum absolute atomic E-state index is 0.133. The maximum atomic E-state index is 10.9. The summed E-state index contributed by atoms with van der Waals surface area (Å²) in [5, 5.41) is 3.06. The van der Waals surface area contributed by atoms with Gasteiger partial charge >= 0.3 is 0 Å². The zero-order chi connectivity index (χ0) is 8.39. The molecule has 1 aromatic carbocycles. The van der Waals surface area contributed by atoms with Crippen molar-refractivity contribution < 1.29 is 4.79 Å². The summed E-state index contributed by atoms with van der Waals surface area (Å²) in [6, 6.07) is 10.0. The number of hydrogen-bond acceptors (Lipinski definition) is 2. The van der Waals surface area contributed by atoms with Crippen LogP contribution >= 0.6 is 11.8 Å². The average Bonchev–Trinajstić information content (AvgIpc) is 2.54. The lowest BCUT2D eigenvalue weighted by molar-refractivity contribution is -0.118. The molecule has 1 aromatic rings. The molecule has 2 nitrogen and oxygen atoms in total. The van der Waals surface area contributed by atoms with Crippen molar-refractivity contribution >= 4 is 17.7 Å². The molecule has 0 saturated carbocycles. The van der Waals surface area contributed by atoms with E-state index in [2.05, 4.69) is 5.32 Å². The number of carbonyl (C=O) groups is 1. The van der Waals surface area contributed by atoms with Gasteiger partial charge in [-0.05, 0) is 5.56 Å². The monoisotopic (exact) mass is 179 g/mol. The van der Waals surface area contributed by atoms with Gasteiger partial charge in [0.25, 0.3) is 0 Å². The molecule has 3 heteroatoms. The molecule has 2 rings (SSSR count). The van der Waals surface area contributed by atoms with Gasteiger partial charge in [0.15, 0.2) is 0 Å². The minimum atomic E-state index is 0.133. The van der Waals surface area contributed by atoms with Gasteiger partial charge in [-0.3, -0.25) is 4.79 Å².